The topological polar surface area (TPSA) is 79.1 Å². The molecule has 0 amide bonds. The molecule has 0 atom stereocenters. The first-order valence-electron chi connectivity index (χ1n) is 8.40. The molecule has 2 aromatic heterocycles. The molecule has 0 spiro atoms. The maximum Gasteiger partial charge on any atom is 0.166 e. The second-order valence-corrected chi connectivity index (χ2v) is 6.20. The summed E-state index contributed by atoms with van der Waals surface area (Å²) in [7, 11) is 4.10. The molecule has 2 heterocycles. The molecular formula is C18H24N6O. The van der Waals surface area contributed by atoms with Crippen molar-refractivity contribution in [2.24, 2.45) is 0 Å². The summed E-state index contributed by atoms with van der Waals surface area (Å²) in [6.07, 6.45) is 0. The van der Waals surface area contributed by atoms with E-state index in [1.807, 2.05) is 25.1 Å². The van der Waals surface area contributed by atoms with E-state index in [1.54, 1.807) is 0 Å². The minimum atomic E-state index is 0.0391. The lowest BCUT2D eigenvalue weighted by atomic mass is 10.2. The van der Waals surface area contributed by atoms with Crippen LogP contribution in [0.5, 0.6) is 0 Å². The Morgan fingerprint density at radius 2 is 1.88 bits per heavy atom. The van der Waals surface area contributed by atoms with Crippen LogP contribution in [0.2, 0.25) is 0 Å². The van der Waals surface area contributed by atoms with Gasteiger partial charge in [-0.3, -0.25) is 0 Å². The van der Waals surface area contributed by atoms with Gasteiger partial charge in [-0.15, -0.1) is 0 Å². The number of imidazole rings is 1. The smallest absolute Gasteiger partial charge is 0.166 e. The second-order valence-electron chi connectivity index (χ2n) is 6.20. The van der Waals surface area contributed by atoms with Crippen molar-refractivity contribution >= 4 is 17.0 Å². The van der Waals surface area contributed by atoms with Gasteiger partial charge < -0.3 is 19.9 Å². The Balaban J connectivity index is 2.17. The number of likely N-dealkylation sites (N-methyl/N-ethyl adjacent to an activating group) is 1. The van der Waals surface area contributed by atoms with Crippen molar-refractivity contribution in [3.05, 3.63) is 36.2 Å². The minimum Gasteiger partial charge on any atom is -0.395 e. The molecule has 0 fully saturated rings. The summed E-state index contributed by atoms with van der Waals surface area (Å²) in [5.74, 6) is 2.22. The van der Waals surface area contributed by atoms with Gasteiger partial charge in [-0.05, 0) is 21.0 Å². The third kappa shape index (κ3) is 3.78. The summed E-state index contributed by atoms with van der Waals surface area (Å²) in [4.78, 5) is 16.1. The number of nitrogens with zero attached hydrogens (tertiary/aromatic N) is 5. The van der Waals surface area contributed by atoms with Gasteiger partial charge in [-0.25, -0.2) is 15.0 Å². The molecule has 132 valence electrons. The fourth-order valence-corrected chi connectivity index (χ4v) is 2.73. The van der Waals surface area contributed by atoms with Crippen LogP contribution in [-0.2, 0) is 6.54 Å². The standard InChI is InChI=1S/C18H24N6O/c1-13-20-16(19-9-12-25)15-18(21-13)24(11-10-23(2)3)17(22-15)14-7-5-4-6-8-14/h4-8,25H,9-12H2,1-3H3,(H,19,20,21). The summed E-state index contributed by atoms with van der Waals surface area (Å²) >= 11 is 0. The number of fused-ring (bicyclic) bond motifs is 1. The summed E-state index contributed by atoms with van der Waals surface area (Å²) < 4.78 is 2.14. The molecule has 0 bridgehead atoms. The molecule has 7 heteroatoms. The molecule has 0 radical (unpaired) electrons. The monoisotopic (exact) mass is 340 g/mol. The zero-order valence-corrected chi connectivity index (χ0v) is 14.9. The summed E-state index contributed by atoms with van der Waals surface area (Å²) in [6.45, 7) is 4.00. The zero-order chi connectivity index (χ0) is 17.8. The maximum absolute atomic E-state index is 9.12. The Morgan fingerprint density at radius 1 is 1.12 bits per heavy atom. The van der Waals surface area contributed by atoms with Crippen molar-refractivity contribution in [3.8, 4) is 11.4 Å². The molecule has 0 aliphatic carbocycles. The molecule has 0 unspecified atom stereocenters. The zero-order valence-electron chi connectivity index (χ0n) is 14.9. The van der Waals surface area contributed by atoms with E-state index in [9.17, 15) is 0 Å². The molecule has 0 saturated carbocycles. The fourth-order valence-electron chi connectivity index (χ4n) is 2.73. The van der Waals surface area contributed by atoms with Crippen molar-refractivity contribution < 1.29 is 5.11 Å². The maximum atomic E-state index is 9.12. The van der Waals surface area contributed by atoms with Crippen molar-refractivity contribution in [1.29, 1.82) is 0 Å². The molecule has 1 aromatic carbocycles. The number of aryl methyl sites for hydroxylation is 1. The van der Waals surface area contributed by atoms with Gasteiger partial charge in [0.2, 0.25) is 0 Å². The average molecular weight is 340 g/mol. The molecular weight excluding hydrogens is 316 g/mol. The number of rotatable bonds is 7. The molecule has 0 aliphatic rings. The Kier molecular flexibility index (Phi) is 5.25. The first kappa shape index (κ1) is 17.3. The summed E-state index contributed by atoms with van der Waals surface area (Å²) in [5, 5.41) is 12.3. The van der Waals surface area contributed by atoms with Crippen molar-refractivity contribution in [3.63, 3.8) is 0 Å². The van der Waals surface area contributed by atoms with Crippen LogP contribution in [0.1, 0.15) is 5.82 Å². The number of anilines is 1. The van der Waals surface area contributed by atoms with Gasteiger partial charge in [0, 0.05) is 25.2 Å². The SMILES string of the molecule is Cc1nc(NCCO)c2nc(-c3ccccc3)n(CCN(C)C)c2n1. The molecule has 2 N–H and O–H groups in total. The van der Waals surface area contributed by atoms with E-state index in [4.69, 9.17) is 10.1 Å². The Labute approximate surface area is 147 Å². The van der Waals surface area contributed by atoms with Crippen LogP contribution in [-0.4, -0.2) is 63.3 Å². The normalized spacial score (nSPS) is 11.4. The number of aliphatic hydroxyl groups excluding tert-OH is 1. The van der Waals surface area contributed by atoms with Gasteiger partial charge in [-0.2, -0.15) is 0 Å². The van der Waals surface area contributed by atoms with E-state index in [2.05, 4.69) is 51.0 Å². The van der Waals surface area contributed by atoms with Gasteiger partial charge in [-0.1, -0.05) is 30.3 Å². The molecule has 3 aromatic rings. The third-order valence-electron chi connectivity index (χ3n) is 3.91. The lowest BCUT2D eigenvalue weighted by molar-refractivity contribution is 0.311. The van der Waals surface area contributed by atoms with Gasteiger partial charge >= 0.3 is 0 Å². The van der Waals surface area contributed by atoms with Crippen LogP contribution in [0, 0.1) is 6.92 Å². The largest absolute Gasteiger partial charge is 0.395 e. The number of hydrogen-bond acceptors (Lipinski definition) is 6. The predicted molar refractivity (Wildman–Crippen MR) is 99.6 cm³/mol. The van der Waals surface area contributed by atoms with Crippen molar-refractivity contribution in [2.75, 3.05) is 39.1 Å². The number of nitrogens with one attached hydrogen (secondary N) is 1. The van der Waals surface area contributed by atoms with Crippen LogP contribution in [0.3, 0.4) is 0 Å². The number of aromatic nitrogens is 4. The number of aliphatic hydroxyl groups is 1. The molecule has 3 rings (SSSR count). The highest BCUT2D eigenvalue weighted by molar-refractivity contribution is 5.86. The summed E-state index contributed by atoms with van der Waals surface area (Å²) in [5.41, 5.74) is 2.59. The van der Waals surface area contributed by atoms with E-state index in [0.717, 1.165) is 35.6 Å². The lowest BCUT2D eigenvalue weighted by Crippen LogP contribution is -2.19. The minimum absolute atomic E-state index is 0.0391. The fraction of sp³-hybridized carbons (Fsp3) is 0.389. The molecule has 0 saturated heterocycles. The highest BCUT2D eigenvalue weighted by Crippen LogP contribution is 2.27. The highest BCUT2D eigenvalue weighted by atomic mass is 16.3. The van der Waals surface area contributed by atoms with Gasteiger partial charge in [0.05, 0.1) is 6.61 Å². The highest BCUT2D eigenvalue weighted by Gasteiger charge is 2.18. The quantitative estimate of drug-likeness (QED) is 0.682. The summed E-state index contributed by atoms with van der Waals surface area (Å²) in [6, 6.07) is 10.1. The first-order valence-corrected chi connectivity index (χ1v) is 8.40. The van der Waals surface area contributed by atoms with E-state index in [-0.39, 0.29) is 6.61 Å². The van der Waals surface area contributed by atoms with Gasteiger partial charge in [0.25, 0.3) is 0 Å². The Morgan fingerprint density at radius 3 is 2.56 bits per heavy atom. The third-order valence-corrected chi connectivity index (χ3v) is 3.91. The second kappa shape index (κ2) is 7.58. The van der Waals surface area contributed by atoms with E-state index >= 15 is 0 Å². The van der Waals surface area contributed by atoms with Crippen molar-refractivity contribution in [2.45, 2.75) is 13.5 Å². The predicted octanol–water partition coefficient (Wildman–Crippen LogP) is 1.77. The Bertz CT molecular complexity index is 844. The average Bonchev–Trinajstić information content (AvgIpc) is 2.97. The Hall–Kier alpha value is -2.51. The first-order chi connectivity index (χ1) is 12.1. The van der Waals surface area contributed by atoms with E-state index in [1.165, 1.54) is 0 Å². The molecule has 25 heavy (non-hydrogen) atoms. The van der Waals surface area contributed by atoms with Gasteiger partial charge in [0.15, 0.2) is 17.0 Å². The number of hydrogen-bond donors (Lipinski definition) is 2. The van der Waals surface area contributed by atoms with Crippen LogP contribution in [0.15, 0.2) is 30.3 Å². The molecule has 7 nitrogen and oxygen atoms in total. The van der Waals surface area contributed by atoms with Gasteiger partial charge in [0.1, 0.15) is 11.6 Å². The van der Waals surface area contributed by atoms with E-state index in [0.29, 0.717) is 18.2 Å². The van der Waals surface area contributed by atoms with Crippen molar-refractivity contribution in [1.82, 2.24) is 24.4 Å². The van der Waals surface area contributed by atoms with Crippen LogP contribution < -0.4 is 5.32 Å². The van der Waals surface area contributed by atoms with Crippen LogP contribution in [0.25, 0.3) is 22.6 Å². The van der Waals surface area contributed by atoms with E-state index < -0.39 is 0 Å². The van der Waals surface area contributed by atoms with Crippen LogP contribution >= 0.6 is 0 Å². The molecule has 0 aliphatic heterocycles. The lowest BCUT2D eigenvalue weighted by Gasteiger charge is -2.13. The number of benzene rings is 1. The van der Waals surface area contributed by atoms with Crippen LogP contribution in [0.4, 0.5) is 5.82 Å².